The van der Waals surface area contributed by atoms with Crippen molar-refractivity contribution in [1.82, 2.24) is 15.3 Å². The first-order valence-electron chi connectivity index (χ1n) is 7.56. The molecule has 118 valence electrons. The Morgan fingerprint density at radius 3 is 2.14 bits per heavy atom. The summed E-state index contributed by atoms with van der Waals surface area (Å²) < 4.78 is 0. The number of aromatic nitrogens is 2. The molecule has 0 unspecified atom stereocenters. The third kappa shape index (κ3) is 5.57. The molecule has 0 spiro atoms. The van der Waals surface area contributed by atoms with Crippen LogP contribution < -0.4 is 16.0 Å². The van der Waals surface area contributed by atoms with Crippen LogP contribution in [0.2, 0.25) is 0 Å². The number of hydrogen-bond donors (Lipinski definition) is 3. The summed E-state index contributed by atoms with van der Waals surface area (Å²) in [7, 11) is 0. The Hall–Kier alpha value is -1.85. The van der Waals surface area contributed by atoms with Gasteiger partial charge in [0.15, 0.2) is 0 Å². The largest absolute Gasteiger partial charge is 0.370 e. The van der Waals surface area contributed by atoms with Crippen molar-refractivity contribution >= 4 is 17.5 Å². The van der Waals surface area contributed by atoms with Crippen LogP contribution in [0.25, 0.3) is 0 Å². The maximum Gasteiger partial charge on any atom is 0.216 e. The van der Waals surface area contributed by atoms with Crippen molar-refractivity contribution in [3.63, 3.8) is 0 Å². The third-order valence-electron chi connectivity index (χ3n) is 3.01. The number of nitrogens with zero attached hydrogens (tertiary/aromatic N) is 2. The van der Waals surface area contributed by atoms with Crippen LogP contribution in [0.1, 0.15) is 51.4 Å². The van der Waals surface area contributed by atoms with E-state index in [9.17, 15) is 4.79 Å². The topological polar surface area (TPSA) is 78.9 Å². The first-order valence-corrected chi connectivity index (χ1v) is 7.56. The molecule has 0 aliphatic rings. The summed E-state index contributed by atoms with van der Waals surface area (Å²) in [6.07, 6.45) is 1.05. The minimum atomic E-state index is -0.0237. The molecule has 1 heterocycles. The van der Waals surface area contributed by atoms with Crippen molar-refractivity contribution in [3.05, 3.63) is 11.4 Å². The van der Waals surface area contributed by atoms with Gasteiger partial charge in [0.05, 0.1) is 0 Å². The van der Waals surface area contributed by atoms with Gasteiger partial charge in [0, 0.05) is 38.0 Å². The molecule has 0 radical (unpaired) electrons. The summed E-state index contributed by atoms with van der Waals surface area (Å²) in [5.41, 5.74) is 1.01. The molecule has 6 heteroatoms. The first kappa shape index (κ1) is 17.2. The van der Waals surface area contributed by atoms with Gasteiger partial charge < -0.3 is 16.0 Å². The van der Waals surface area contributed by atoms with Crippen molar-refractivity contribution < 1.29 is 4.79 Å². The molecule has 0 aliphatic carbocycles. The van der Waals surface area contributed by atoms with Crippen LogP contribution in [-0.2, 0) is 4.79 Å². The zero-order chi connectivity index (χ0) is 15.8. The highest BCUT2D eigenvalue weighted by Gasteiger charge is 2.12. The highest BCUT2D eigenvalue weighted by atomic mass is 16.1. The smallest absolute Gasteiger partial charge is 0.216 e. The van der Waals surface area contributed by atoms with E-state index < -0.39 is 0 Å². The van der Waals surface area contributed by atoms with E-state index in [0.29, 0.717) is 13.1 Å². The van der Waals surface area contributed by atoms with Gasteiger partial charge in [0.25, 0.3) is 0 Å². The van der Waals surface area contributed by atoms with Crippen LogP contribution in [0.15, 0.2) is 0 Å². The molecule has 6 nitrogen and oxygen atoms in total. The maximum atomic E-state index is 10.9. The average molecular weight is 293 g/mol. The Morgan fingerprint density at radius 1 is 1.10 bits per heavy atom. The minimum absolute atomic E-state index is 0.0237. The summed E-state index contributed by atoms with van der Waals surface area (Å²) in [6.45, 7) is 11.9. The third-order valence-corrected chi connectivity index (χ3v) is 3.01. The van der Waals surface area contributed by atoms with Gasteiger partial charge in [-0.15, -0.1) is 0 Å². The second-order valence-corrected chi connectivity index (χ2v) is 5.40. The van der Waals surface area contributed by atoms with E-state index >= 15 is 0 Å². The molecular formula is C15H27N5O. The van der Waals surface area contributed by atoms with Crippen LogP contribution in [0, 0.1) is 6.92 Å². The molecule has 1 amide bonds. The van der Waals surface area contributed by atoms with Crippen molar-refractivity contribution in [3.8, 4) is 0 Å². The van der Waals surface area contributed by atoms with Crippen molar-refractivity contribution in [1.29, 1.82) is 0 Å². The van der Waals surface area contributed by atoms with Crippen molar-refractivity contribution in [2.75, 3.05) is 30.3 Å². The number of nitrogens with one attached hydrogen (secondary N) is 3. The average Bonchev–Trinajstić information content (AvgIpc) is 2.43. The van der Waals surface area contributed by atoms with Gasteiger partial charge in [-0.05, 0) is 13.3 Å². The molecular weight excluding hydrogens is 266 g/mol. The number of carbonyl (C=O) groups excluding carboxylic acids is 1. The summed E-state index contributed by atoms with van der Waals surface area (Å²) in [4.78, 5) is 20.0. The fraction of sp³-hybridized carbons (Fsp3) is 0.667. The van der Waals surface area contributed by atoms with Gasteiger partial charge in [0.1, 0.15) is 17.5 Å². The Morgan fingerprint density at radius 2 is 1.67 bits per heavy atom. The number of rotatable bonds is 8. The van der Waals surface area contributed by atoms with Gasteiger partial charge in [-0.2, -0.15) is 0 Å². The lowest BCUT2D eigenvalue weighted by Crippen LogP contribution is -2.27. The fourth-order valence-corrected chi connectivity index (χ4v) is 1.80. The van der Waals surface area contributed by atoms with Gasteiger partial charge in [-0.25, -0.2) is 9.97 Å². The second-order valence-electron chi connectivity index (χ2n) is 5.40. The zero-order valence-corrected chi connectivity index (χ0v) is 13.7. The predicted octanol–water partition coefficient (Wildman–Crippen LogP) is 2.28. The van der Waals surface area contributed by atoms with E-state index in [2.05, 4.69) is 46.7 Å². The van der Waals surface area contributed by atoms with Gasteiger partial charge in [-0.1, -0.05) is 20.8 Å². The molecule has 3 N–H and O–H groups in total. The first-order chi connectivity index (χ1) is 9.95. The minimum Gasteiger partial charge on any atom is -0.370 e. The molecule has 0 atom stereocenters. The summed E-state index contributed by atoms with van der Waals surface area (Å²) in [5.74, 6) is 2.78. The molecule has 0 saturated heterocycles. The normalized spacial score (nSPS) is 10.6. The predicted molar refractivity (Wildman–Crippen MR) is 86.8 cm³/mol. The van der Waals surface area contributed by atoms with Gasteiger partial charge >= 0.3 is 0 Å². The molecule has 21 heavy (non-hydrogen) atoms. The summed E-state index contributed by atoms with van der Waals surface area (Å²) >= 11 is 0. The van der Waals surface area contributed by atoms with Crippen molar-refractivity contribution in [2.24, 2.45) is 0 Å². The lowest BCUT2D eigenvalue weighted by atomic mass is 10.2. The number of amides is 1. The van der Waals surface area contributed by atoms with Gasteiger partial charge in [0.2, 0.25) is 5.91 Å². The van der Waals surface area contributed by atoms with Crippen molar-refractivity contribution in [2.45, 2.75) is 47.0 Å². The van der Waals surface area contributed by atoms with E-state index in [1.54, 1.807) is 0 Å². The SMILES string of the molecule is CCCNc1nc(C(C)C)nc(NCCNC(C)=O)c1C. The van der Waals surface area contributed by atoms with Crippen LogP contribution in [0.5, 0.6) is 0 Å². The summed E-state index contributed by atoms with van der Waals surface area (Å²) in [5, 5.41) is 9.38. The second kappa shape index (κ2) is 8.44. The van der Waals surface area contributed by atoms with E-state index in [1.165, 1.54) is 6.92 Å². The Kier molecular flexibility index (Phi) is 6.91. The molecule has 0 aromatic carbocycles. The van der Waals surface area contributed by atoms with Crippen LogP contribution in [-0.4, -0.2) is 35.5 Å². The van der Waals surface area contributed by atoms with Crippen LogP contribution in [0.3, 0.4) is 0 Å². The molecule has 0 bridgehead atoms. The monoisotopic (exact) mass is 293 g/mol. The van der Waals surface area contributed by atoms with Gasteiger partial charge in [-0.3, -0.25) is 4.79 Å². The zero-order valence-electron chi connectivity index (χ0n) is 13.7. The van der Waals surface area contributed by atoms with Crippen LogP contribution >= 0.6 is 0 Å². The van der Waals surface area contributed by atoms with E-state index in [-0.39, 0.29) is 11.8 Å². The van der Waals surface area contributed by atoms with Crippen LogP contribution in [0.4, 0.5) is 11.6 Å². The molecule has 1 rings (SSSR count). The molecule has 0 fully saturated rings. The fourth-order valence-electron chi connectivity index (χ4n) is 1.80. The number of carbonyl (C=O) groups is 1. The van der Waals surface area contributed by atoms with E-state index in [0.717, 1.165) is 36.0 Å². The molecule has 1 aromatic heterocycles. The Labute approximate surface area is 127 Å². The molecule has 0 saturated carbocycles. The Bertz CT molecular complexity index is 473. The number of anilines is 2. The highest BCUT2D eigenvalue weighted by Crippen LogP contribution is 2.22. The Balaban J connectivity index is 2.84. The quantitative estimate of drug-likeness (QED) is 0.641. The highest BCUT2D eigenvalue weighted by molar-refractivity contribution is 5.72. The standard InChI is InChI=1S/C15H27N5O/c1-6-7-17-14-11(4)15(18-9-8-16-12(5)21)20-13(19-14)10(2)3/h10H,6-9H2,1-5H3,(H,16,21)(H2,17,18,19,20). The maximum absolute atomic E-state index is 10.9. The molecule has 0 aliphatic heterocycles. The lowest BCUT2D eigenvalue weighted by Gasteiger charge is -2.16. The summed E-state index contributed by atoms with van der Waals surface area (Å²) in [6, 6.07) is 0. The van der Waals surface area contributed by atoms with E-state index in [1.807, 2.05) is 6.92 Å². The molecule has 1 aromatic rings. The number of hydrogen-bond acceptors (Lipinski definition) is 5. The van der Waals surface area contributed by atoms with E-state index in [4.69, 9.17) is 0 Å². The lowest BCUT2D eigenvalue weighted by molar-refractivity contribution is -0.118.